The monoisotopic (exact) mass is 487 g/mol. The third-order valence-corrected chi connectivity index (χ3v) is 6.92. The van der Waals surface area contributed by atoms with Crippen LogP contribution in [0.2, 0.25) is 0 Å². The zero-order valence-corrected chi connectivity index (χ0v) is 20.6. The van der Waals surface area contributed by atoms with Crippen LogP contribution in [-0.4, -0.2) is 63.4 Å². The minimum atomic E-state index is 0. The average molecular weight is 488 g/mol. The fourth-order valence-corrected chi connectivity index (χ4v) is 4.95. The molecule has 8 heteroatoms. The van der Waals surface area contributed by atoms with Gasteiger partial charge in [-0.3, -0.25) is 4.79 Å². The van der Waals surface area contributed by atoms with Gasteiger partial charge in [0.1, 0.15) is 19.0 Å². The van der Waals surface area contributed by atoms with E-state index in [-0.39, 0.29) is 18.3 Å². The number of amides is 1. The molecule has 3 heterocycles. The summed E-state index contributed by atoms with van der Waals surface area (Å²) in [6.07, 6.45) is 3.63. The van der Waals surface area contributed by atoms with Crippen molar-refractivity contribution in [2.24, 2.45) is 0 Å². The van der Waals surface area contributed by atoms with E-state index in [1.165, 1.54) is 11.1 Å². The average Bonchev–Trinajstić information content (AvgIpc) is 2.87. The van der Waals surface area contributed by atoms with Gasteiger partial charge in [0.25, 0.3) is 0 Å². The van der Waals surface area contributed by atoms with Crippen molar-refractivity contribution in [3.05, 3.63) is 47.5 Å². The van der Waals surface area contributed by atoms with Gasteiger partial charge in [-0.1, -0.05) is 12.1 Å². The van der Waals surface area contributed by atoms with Gasteiger partial charge in [0.15, 0.2) is 11.5 Å². The number of benzene rings is 2. The SMILES string of the molecule is COc1ccc2c(c1)N(CCN1CCC(NCc3ccc4c(c3)OCCO4)CC1)C(=O)CC2.Cl. The lowest BCUT2D eigenvalue weighted by Crippen LogP contribution is -2.46. The zero-order valence-electron chi connectivity index (χ0n) is 19.8. The molecule has 3 aliphatic heterocycles. The molecule has 1 N–H and O–H groups in total. The Bertz CT molecular complexity index is 994. The molecule has 0 atom stereocenters. The number of hydrogen-bond acceptors (Lipinski definition) is 6. The van der Waals surface area contributed by atoms with E-state index >= 15 is 0 Å². The Hall–Kier alpha value is -2.48. The van der Waals surface area contributed by atoms with Gasteiger partial charge in [-0.05, 0) is 61.7 Å². The van der Waals surface area contributed by atoms with Gasteiger partial charge in [-0.2, -0.15) is 0 Å². The molecule has 1 amide bonds. The van der Waals surface area contributed by atoms with Crippen LogP contribution in [0.3, 0.4) is 0 Å². The van der Waals surface area contributed by atoms with Gasteiger partial charge in [0, 0.05) is 38.2 Å². The van der Waals surface area contributed by atoms with Gasteiger partial charge in [0.2, 0.25) is 5.91 Å². The molecule has 184 valence electrons. The van der Waals surface area contributed by atoms with Crippen molar-refractivity contribution < 1.29 is 19.0 Å². The summed E-state index contributed by atoms with van der Waals surface area (Å²) < 4.78 is 16.7. The van der Waals surface area contributed by atoms with Crippen molar-refractivity contribution in [2.45, 2.75) is 38.3 Å². The van der Waals surface area contributed by atoms with Gasteiger partial charge in [-0.15, -0.1) is 12.4 Å². The van der Waals surface area contributed by atoms with Crippen molar-refractivity contribution in [1.29, 1.82) is 0 Å². The summed E-state index contributed by atoms with van der Waals surface area (Å²) in [4.78, 5) is 17.1. The van der Waals surface area contributed by atoms with Gasteiger partial charge in [-0.25, -0.2) is 0 Å². The second kappa shape index (κ2) is 11.3. The Kier molecular flexibility index (Phi) is 8.19. The van der Waals surface area contributed by atoms with Crippen LogP contribution in [0, 0.1) is 0 Å². The number of piperidine rings is 1. The second-order valence-electron chi connectivity index (χ2n) is 9.01. The lowest BCUT2D eigenvalue weighted by molar-refractivity contribution is -0.119. The smallest absolute Gasteiger partial charge is 0.227 e. The molecule has 3 aliphatic rings. The first kappa shape index (κ1) is 24.6. The number of nitrogens with one attached hydrogen (secondary N) is 1. The van der Waals surface area contributed by atoms with Crippen LogP contribution in [0.15, 0.2) is 36.4 Å². The third-order valence-electron chi connectivity index (χ3n) is 6.92. The summed E-state index contributed by atoms with van der Waals surface area (Å²) in [5, 5.41) is 3.70. The maximum atomic E-state index is 12.6. The van der Waals surface area contributed by atoms with Crippen LogP contribution in [0.1, 0.15) is 30.4 Å². The molecule has 0 aliphatic carbocycles. The van der Waals surface area contributed by atoms with E-state index in [1.54, 1.807) is 7.11 Å². The highest BCUT2D eigenvalue weighted by Crippen LogP contribution is 2.32. The summed E-state index contributed by atoms with van der Waals surface area (Å²) in [5.41, 5.74) is 3.47. The minimum absolute atomic E-state index is 0. The molecule has 0 bridgehead atoms. The maximum absolute atomic E-state index is 12.6. The molecule has 0 radical (unpaired) electrons. The fourth-order valence-electron chi connectivity index (χ4n) is 4.95. The minimum Gasteiger partial charge on any atom is -0.497 e. The summed E-state index contributed by atoms with van der Waals surface area (Å²) in [6, 6.07) is 12.8. The molecule has 1 saturated heterocycles. The van der Waals surface area contributed by atoms with E-state index in [0.29, 0.717) is 25.7 Å². The molecule has 0 unspecified atom stereocenters. The topological polar surface area (TPSA) is 63.3 Å². The summed E-state index contributed by atoms with van der Waals surface area (Å²) >= 11 is 0. The number of fused-ring (bicyclic) bond motifs is 2. The molecule has 34 heavy (non-hydrogen) atoms. The standard InChI is InChI=1S/C26H33N3O4.ClH/c1-31-22-5-3-20-4-7-26(30)29(23(20)17-22)13-12-28-10-8-21(9-11-28)27-18-19-2-6-24-25(16-19)33-15-14-32-24;/h2-3,5-6,16-17,21,27H,4,7-15,18H2,1H3;1H. The number of ether oxygens (including phenoxy) is 3. The predicted molar refractivity (Wildman–Crippen MR) is 135 cm³/mol. The molecular formula is C26H34ClN3O4. The molecule has 0 aromatic heterocycles. The molecule has 5 rings (SSSR count). The Morgan fingerprint density at radius 2 is 1.79 bits per heavy atom. The number of nitrogens with zero attached hydrogens (tertiary/aromatic N) is 2. The Balaban J connectivity index is 0.00000274. The van der Waals surface area contributed by atoms with E-state index in [0.717, 1.165) is 74.9 Å². The second-order valence-corrected chi connectivity index (χ2v) is 9.01. The van der Waals surface area contributed by atoms with Crippen molar-refractivity contribution in [1.82, 2.24) is 10.2 Å². The highest BCUT2D eigenvalue weighted by molar-refractivity contribution is 5.96. The van der Waals surface area contributed by atoms with Crippen LogP contribution < -0.4 is 24.4 Å². The predicted octanol–water partition coefficient (Wildman–Crippen LogP) is 3.42. The zero-order chi connectivity index (χ0) is 22.6. The first-order valence-electron chi connectivity index (χ1n) is 12.0. The summed E-state index contributed by atoms with van der Waals surface area (Å²) in [6.45, 7) is 5.80. The van der Waals surface area contributed by atoms with Crippen LogP contribution in [0.25, 0.3) is 0 Å². The van der Waals surface area contributed by atoms with Crippen LogP contribution in [0.5, 0.6) is 17.2 Å². The normalized spacial score (nSPS) is 18.3. The summed E-state index contributed by atoms with van der Waals surface area (Å²) in [5.74, 6) is 2.71. The van der Waals surface area contributed by atoms with Crippen molar-refractivity contribution in [3.8, 4) is 17.2 Å². The number of aryl methyl sites for hydroxylation is 1. The molecule has 1 fully saturated rings. The lowest BCUT2D eigenvalue weighted by Gasteiger charge is -2.35. The number of halogens is 1. The van der Waals surface area contributed by atoms with Gasteiger partial charge in [0.05, 0.1) is 12.8 Å². The summed E-state index contributed by atoms with van der Waals surface area (Å²) in [7, 11) is 1.67. The maximum Gasteiger partial charge on any atom is 0.227 e. The highest BCUT2D eigenvalue weighted by Gasteiger charge is 2.26. The van der Waals surface area contributed by atoms with Crippen LogP contribution in [0.4, 0.5) is 5.69 Å². The van der Waals surface area contributed by atoms with Crippen molar-refractivity contribution in [2.75, 3.05) is 51.4 Å². The van der Waals surface area contributed by atoms with Crippen LogP contribution in [-0.2, 0) is 17.8 Å². The van der Waals surface area contributed by atoms with Gasteiger partial charge >= 0.3 is 0 Å². The number of carbonyl (C=O) groups is 1. The molecule has 2 aromatic carbocycles. The quantitative estimate of drug-likeness (QED) is 0.645. The van der Waals surface area contributed by atoms with Crippen molar-refractivity contribution >= 4 is 24.0 Å². The number of likely N-dealkylation sites (tertiary alicyclic amines) is 1. The number of carbonyl (C=O) groups excluding carboxylic acids is 1. The number of rotatable bonds is 7. The Morgan fingerprint density at radius 3 is 2.59 bits per heavy atom. The molecule has 0 spiro atoms. The van der Waals surface area contributed by atoms with Gasteiger partial charge < -0.3 is 29.3 Å². The van der Waals surface area contributed by atoms with E-state index < -0.39 is 0 Å². The highest BCUT2D eigenvalue weighted by atomic mass is 35.5. The largest absolute Gasteiger partial charge is 0.497 e. The Labute approximate surface area is 207 Å². The number of methoxy groups -OCH3 is 1. The third kappa shape index (κ3) is 5.59. The number of anilines is 1. The van der Waals surface area contributed by atoms with E-state index in [2.05, 4.69) is 28.4 Å². The lowest BCUT2D eigenvalue weighted by atomic mass is 10.0. The van der Waals surface area contributed by atoms with E-state index in [4.69, 9.17) is 14.2 Å². The molecular weight excluding hydrogens is 454 g/mol. The van der Waals surface area contributed by atoms with E-state index in [1.807, 2.05) is 23.1 Å². The van der Waals surface area contributed by atoms with Crippen molar-refractivity contribution in [3.63, 3.8) is 0 Å². The Morgan fingerprint density at radius 1 is 1.00 bits per heavy atom. The molecule has 2 aromatic rings. The first-order valence-corrected chi connectivity index (χ1v) is 12.0. The van der Waals surface area contributed by atoms with Crippen LogP contribution >= 0.6 is 12.4 Å². The first-order chi connectivity index (χ1) is 16.2. The molecule has 7 nitrogen and oxygen atoms in total. The number of hydrogen-bond donors (Lipinski definition) is 1. The van der Waals surface area contributed by atoms with E-state index in [9.17, 15) is 4.79 Å². The fraction of sp³-hybridized carbons (Fsp3) is 0.500. The molecule has 0 saturated carbocycles.